The van der Waals surface area contributed by atoms with Crippen LogP contribution in [0.15, 0.2) is 73.3 Å². The molecule has 0 fully saturated rings. The fourth-order valence-corrected chi connectivity index (χ4v) is 2.31. The van der Waals surface area contributed by atoms with Crippen LogP contribution >= 0.6 is 0 Å². The van der Waals surface area contributed by atoms with Crippen LogP contribution in [0, 0.1) is 0 Å². The summed E-state index contributed by atoms with van der Waals surface area (Å²) in [6, 6.07) is 13.2. The summed E-state index contributed by atoms with van der Waals surface area (Å²) in [4.78, 5) is 12.3. The van der Waals surface area contributed by atoms with Crippen molar-refractivity contribution in [1.82, 2.24) is 0 Å². The minimum atomic E-state index is -0.0963. The van der Waals surface area contributed by atoms with Gasteiger partial charge in [-0.2, -0.15) is 0 Å². The molecule has 0 aliphatic carbocycles. The number of benzene rings is 2. The first kappa shape index (κ1) is 19.5. The third kappa shape index (κ3) is 6.22. The summed E-state index contributed by atoms with van der Waals surface area (Å²) in [7, 11) is 0. The molecule has 0 atom stereocenters. The summed E-state index contributed by atoms with van der Waals surface area (Å²) >= 11 is 0. The topological polar surface area (TPSA) is 55.8 Å². The molecule has 2 aromatic rings. The fourth-order valence-electron chi connectivity index (χ4n) is 2.31. The van der Waals surface area contributed by atoms with Gasteiger partial charge in [-0.25, -0.2) is 0 Å². The molecule has 26 heavy (non-hydrogen) atoms. The maximum atomic E-state index is 12.3. The minimum absolute atomic E-state index is 0.0963. The highest BCUT2D eigenvalue weighted by atomic mass is 16.5. The Balaban J connectivity index is 1.72. The van der Waals surface area contributed by atoms with Gasteiger partial charge in [-0.05, 0) is 61.4 Å². The van der Waals surface area contributed by atoms with Crippen LogP contribution in [0.2, 0.25) is 0 Å². The van der Waals surface area contributed by atoms with Crippen LogP contribution in [0.25, 0.3) is 0 Å². The molecule has 0 radical (unpaired) electrons. The van der Waals surface area contributed by atoms with Crippen LogP contribution in [0.3, 0.4) is 0 Å². The van der Waals surface area contributed by atoms with Gasteiger partial charge in [0.05, 0.1) is 6.61 Å². The van der Waals surface area contributed by atoms with Gasteiger partial charge >= 0.3 is 0 Å². The average Bonchev–Trinajstić information content (AvgIpc) is 2.67. The summed E-state index contributed by atoms with van der Waals surface area (Å²) in [5.74, 6) is 0.732. The molecule has 136 valence electrons. The normalized spacial score (nSPS) is 10.3. The zero-order valence-electron chi connectivity index (χ0n) is 14.8. The smallest absolute Gasteiger partial charge is 0.193 e. The van der Waals surface area contributed by atoms with Gasteiger partial charge < -0.3 is 14.6 Å². The number of carbonyl (C=O) groups is 1. The number of hydrogen-bond acceptors (Lipinski definition) is 4. The first-order valence-electron chi connectivity index (χ1n) is 8.54. The molecule has 0 bridgehead atoms. The lowest BCUT2D eigenvalue weighted by molar-refractivity contribution is 0.0985. The van der Waals surface area contributed by atoms with Crippen LogP contribution in [-0.4, -0.2) is 30.7 Å². The molecule has 0 aliphatic heterocycles. The number of phenols is 1. The maximum absolute atomic E-state index is 12.3. The van der Waals surface area contributed by atoms with Crippen molar-refractivity contribution < 1.29 is 19.4 Å². The predicted molar refractivity (Wildman–Crippen MR) is 103 cm³/mol. The lowest BCUT2D eigenvalue weighted by Crippen LogP contribution is -2.08. The first-order chi connectivity index (χ1) is 12.6. The molecule has 0 aromatic heterocycles. The molecule has 4 nitrogen and oxygen atoms in total. The number of phenolic OH excluding ortho intramolecular Hbond substituents is 1. The van der Waals surface area contributed by atoms with E-state index >= 15 is 0 Å². The number of hydrogen-bond donors (Lipinski definition) is 1. The highest BCUT2D eigenvalue weighted by Crippen LogP contribution is 2.17. The molecular formula is C22H24O4. The van der Waals surface area contributed by atoms with E-state index in [4.69, 9.17) is 9.47 Å². The Morgan fingerprint density at radius 2 is 1.58 bits per heavy atom. The van der Waals surface area contributed by atoms with E-state index in [9.17, 15) is 9.90 Å². The quantitative estimate of drug-likeness (QED) is 0.366. The van der Waals surface area contributed by atoms with Crippen molar-refractivity contribution in [2.45, 2.75) is 12.8 Å². The van der Waals surface area contributed by atoms with Gasteiger partial charge in [0.1, 0.15) is 18.1 Å². The van der Waals surface area contributed by atoms with Crippen LogP contribution in [0.5, 0.6) is 11.5 Å². The minimum Gasteiger partial charge on any atom is -0.508 e. The Labute approximate surface area is 154 Å². The lowest BCUT2D eigenvalue weighted by atomic mass is 10.0. The largest absolute Gasteiger partial charge is 0.508 e. The number of ketones is 1. The fraction of sp³-hybridized carbons (Fsp3) is 0.227. The Morgan fingerprint density at radius 1 is 0.962 bits per heavy atom. The third-order valence-corrected chi connectivity index (χ3v) is 3.82. The summed E-state index contributed by atoms with van der Waals surface area (Å²) in [5.41, 5.74) is 2.12. The Hall–Kier alpha value is -2.85. The maximum Gasteiger partial charge on any atom is 0.193 e. The Bertz CT molecular complexity index is 730. The van der Waals surface area contributed by atoms with E-state index < -0.39 is 0 Å². The van der Waals surface area contributed by atoms with Crippen molar-refractivity contribution in [3.05, 3.63) is 84.5 Å². The van der Waals surface area contributed by atoms with Crippen molar-refractivity contribution in [2.75, 3.05) is 19.8 Å². The van der Waals surface area contributed by atoms with Gasteiger partial charge in [0.2, 0.25) is 0 Å². The molecule has 0 saturated heterocycles. The molecule has 2 rings (SSSR count). The van der Waals surface area contributed by atoms with E-state index in [1.54, 1.807) is 42.5 Å². The molecular weight excluding hydrogens is 328 g/mol. The van der Waals surface area contributed by atoms with Gasteiger partial charge in [-0.1, -0.05) is 24.8 Å². The lowest BCUT2D eigenvalue weighted by Gasteiger charge is -2.08. The van der Waals surface area contributed by atoms with Crippen LogP contribution in [-0.2, 0) is 4.74 Å². The second kappa shape index (κ2) is 10.2. The van der Waals surface area contributed by atoms with Crippen molar-refractivity contribution in [3.63, 3.8) is 0 Å². The summed E-state index contributed by atoms with van der Waals surface area (Å²) in [6.45, 7) is 9.15. The summed E-state index contributed by atoms with van der Waals surface area (Å²) < 4.78 is 11.1. The van der Waals surface area contributed by atoms with Crippen molar-refractivity contribution >= 4 is 5.78 Å². The molecule has 0 heterocycles. The number of aromatic hydroxyl groups is 1. The van der Waals surface area contributed by atoms with E-state index in [0.29, 0.717) is 36.7 Å². The van der Waals surface area contributed by atoms with E-state index in [2.05, 4.69) is 13.2 Å². The Morgan fingerprint density at radius 3 is 2.19 bits per heavy atom. The predicted octanol–water partition coefficient (Wildman–Crippen LogP) is 4.54. The average molecular weight is 352 g/mol. The van der Waals surface area contributed by atoms with Crippen LogP contribution in [0.4, 0.5) is 0 Å². The van der Waals surface area contributed by atoms with E-state index in [1.165, 1.54) is 12.1 Å². The van der Waals surface area contributed by atoms with Gasteiger partial charge in [0, 0.05) is 17.7 Å². The van der Waals surface area contributed by atoms with Crippen molar-refractivity contribution in [3.8, 4) is 11.5 Å². The zero-order chi connectivity index (χ0) is 18.8. The van der Waals surface area contributed by atoms with Gasteiger partial charge in [-0.3, -0.25) is 4.79 Å². The van der Waals surface area contributed by atoms with E-state index in [0.717, 1.165) is 18.4 Å². The van der Waals surface area contributed by atoms with Crippen LogP contribution < -0.4 is 4.74 Å². The number of ether oxygens (including phenoxy) is 2. The van der Waals surface area contributed by atoms with Gasteiger partial charge in [0.25, 0.3) is 0 Å². The Kier molecular flexibility index (Phi) is 7.65. The van der Waals surface area contributed by atoms with E-state index in [1.807, 2.05) is 0 Å². The monoisotopic (exact) mass is 352 g/mol. The van der Waals surface area contributed by atoms with E-state index in [-0.39, 0.29) is 11.5 Å². The third-order valence-electron chi connectivity index (χ3n) is 3.82. The molecule has 0 unspecified atom stereocenters. The molecule has 0 saturated carbocycles. The molecule has 0 amide bonds. The second-order valence-electron chi connectivity index (χ2n) is 5.83. The molecule has 2 aromatic carbocycles. The van der Waals surface area contributed by atoms with Gasteiger partial charge in [0.15, 0.2) is 5.78 Å². The molecule has 4 heteroatoms. The first-order valence-corrected chi connectivity index (χ1v) is 8.54. The highest BCUT2D eigenvalue weighted by Gasteiger charge is 2.09. The van der Waals surface area contributed by atoms with Crippen LogP contribution in [0.1, 0.15) is 28.8 Å². The van der Waals surface area contributed by atoms with Gasteiger partial charge in [-0.15, -0.1) is 0 Å². The zero-order valence-corrected chi connectivity index (χ0v) is 14.8. The standard InChI is InChI=1S/C22H24O4/c1-3-17(2)5-4-14-25-15-16-26-21-12-8-19(9-13-21)22(24)18-6-10-20(23)11-7-18/h3,6-13,23H,1-2,4-5,14-16H2. The highest BCUT2D eigenvalue weighted by molar-refractivity contribution is 6.09. The molecule has 0 spiro atoms. The number of rotatable bonds is 11. The second-order valence-corrected chi connectivity index (χ2v) is 5.83. The number of carbonyl (C=O) groups excluding carboxylic acids is 1. The molecule has 0 aliphatic rings. The SMILES string of the molecule is C=CC(=C)CCCOCCOc1ccc(C(=O)c2ccc(O)cc2)cc1. The number of allylic oxidation sites excluding steroid dienone is 2. The van der Waals surface area contributed by atoms with Crippen molar-refractivity contribution in [1.29, 1.82) is 0 Å². The summed E-state index contributed by atoms with van der Waals surface area (Å²) in [6.07, 6.45) is 3.57. The summed E-state index contributed by atoms with van der Waals surface area (Å²) in [5, 5.41) is 9.29. The molecule has 1 N–H and O–H groups in total. The van der Waals surface area contributed by atoms with Crippen molar-refractivity contribution in [2.24, 2.45) is 0 Å².